The van der Waals surface area contributed by atoms with Crippen molar-refractivity contribution in [3.63, 3.8) is 0 Å². The van der Waals surface area contributed by atoms with Crippen molar-refractivity contribution in [2.24, 2.45) is 0 Å². The van der Waals surface area contributed by atoms with Gasteiger partial charge in [0.2, 0.25) is 5.95 Å². The highest BCUT2D eigenvalue weighted by molar-refractivity contribution is 5.92. The number of aryl methyl sites for hydroxylation is 2. The van der Waals surface area contributed by atoms with Gasteiger partial charge in [-0.2, -0.15) is 0 Å². The van der Waals surface area contributed by atoms with Crippen molar-refractivity contribution in [2.75, 3.05) is 24.5 Å². The van der Waals surface area contributed by atoms with E-state index in [1.54, 1.807) is 18.6 Å². The summed E-state index contributed by atoms with van der Waals surface area (Å²) in [6, 6.07) is 5.90. The van der Waals surface area contributed by atoms with E-state index in [0.29, 0.717) is 18.8 Å². The van der Waals surface area contributed by atoms with E-state index in [1.807, 2.05) is 30.0 Å². The molecule has 3 aromatic heterocycles. The molecule has 5 rings (SSSR count). The van der Waals surface area contributed by atoms with Crippen LogP contribution in [0.1, 0.15) is 66.0 Å². The van der Waals surface area contributed by atoms with Gasteiger partial charge >= 0.3 is 0 Å². The molecule has 0 bridgehead atoms. The maximum Gasteiger partial charge on any atom is 0.272 e. The summed E-state index contributed by atoms with van der Waals surface area (Å²) < 4.78 is 2.30. The number of carbonyl (C=O) groups is 1. The van der Waals surface area contributed by atoms with Crippen LogP contribution in [0.5, 0.6) is 0 Å². The largest absolute Gasteiger partial charge is 0.341 e. The standard InChI is InChI=1S/C25H31N7O/c1-17(2)32-19(4)29-22-21(32)15-31(23(33)20-7-6-18(3)14-28-20)16-25(22)8-12-30(13-9-25)24-26-10-5-11-27-24/h5-7,10-11,14,17H,8-9,12-13,15-16H2,1-4H3. The van der Waals surface area contributed by atoms with Crippen LogP contribution in [0.15, 0.2) is 36.8 Å². The number of hydrogen-bond donors (Lipinski definition) is 0. The molecule has 1 amide bonds. The van der Waals surface area contributed by atoms with Gasteiger partial charge < -0.3 is 14.4 Å². The van der Waals surface area contributed by atoms with Gasteiger partial charge in [-0.3, -0.25) is 9.78 Å². The van der Waals surface area contributed by atoms with Crippen molar-refractivity contribution in [3.8, 4) is 0 Å². The highest BCUT2D eigenvalue weighted by Gasteiger charge is 2.47. The van der Waals surface area contributed by atoms with Gasteiger partial charge in [0.1, 0.15) is 11.5 Å². The quantitative estimate of drug-likeness (QED) is 0.614. The number of piperidine rings is 1. The Morgan fingerprint density at radius 3 is 2.42 bits per heavy atom. The summed E-state index contributed by atoms with van der Waals surface area (Å²) in [5, 5.41) is 0. The van der Waals surface area contributed by atoms with Crippen molar-refractivity contribution >= 4 is 11.9 Å². The second kappa shape index (κ2) is 8.24. The first-order valence-electron chi connectivity index (χ1n) is 11.7. The number of imidazole rings is 1. The van der Waals surface area contributed by atoms with Crippen LogP contribution in [-0.2, 0) is 12.0 Å². The van der Waals surface area contributed by atoms with Gasteiger partial charge in [0, 0.05) is 49.7 Å². The Bertz CT molecular complexity index is 1150. The fraction of sp³-hybridized carbons (Fsp3) is 0.480. The zero-order chi connectivity index (χ0) is 23.2. The first-order chi connectivity index (χ1) is 15.9. The maximum atomic E-state index is 13.5. The molecule has 8 nitrogen and oxygen atoms in total. The molecule has 2 aliphatic rings. The summed E-state index contributed by atoms with van der Waals surface area (Å²) in [6.45, 7) is 11.3. The Kier molecular flexibility index (Phi) is 5.38. The molecule has 0 aliphatic carbocycles. The summed E-state index contributed by atoms with van der Waals surface area (Å²) in [5.41, 5.74) is 3.71. The molecule has 1 fully saturated rings. The van der Waals surface area contributed by atoms with Crippen LogP contribution < -0.4 is 4.90 Å². The molecule has 5 heterocycles. The van der Waals surface area contributed by atoms with Crippen molar-refractivity contribution in [3.05, 3.63) is 65.3 Å². The number of hydrogen-bond acceptors (Lipinski definition) is 6. The third kappa shape index (κ3) is 3.77. The Hall–Kier alpha value is -3.29. The fourth-order valence-corrected chi connectivity index (χ4v) is 5.41. The van der Waals surface area contributed by atoms with Gasteiger partial charge in [0.15, 0.2) is 0 Å². The maximum absolute atomic E-state index is 13.5. The van der Waals surface area contributed by atoms with E-state index in [0.717, 1.165) is 43.3 Å². The lowest BCUT2D eigenvalue weighted by atomic mass is 9.72. The van der Waals surface area contributed by atoms with Gasteiger partial charge in [-0.1, -0.05) is 6.07 Å². The Morgan fingerprint density at radius 1 is 1.06 bits per heavy atom. The summed E-state index contributed by atoms with van der Waals surface area (Å²) in [5.74, 6) is 1.78. The molecule has 0 aromatic carbocycles. The van der Waals surface area contributed by atoms with Crippen LogP contribution in [0.25, 0.3) is 0 Å². The zero-order valence-corrected chi connectivity index (χ0v) is 19.8. The minimum absolute atomic E-state index is 0.0111. The van der Waals surface area contributed by atoms with E-state index < -0.39 is 0 Å². The predicted octanol–water partition coefficient (Wildman–Crippen LogP) is 3.46. The number of nitrogens with zero attached hydrogens (tertiary/aromatic N) is 7. The lowest BCUT2D eigenvalue weighted by Gasteiger charge is -2.47. The minimum atomic E-state index is -0.176. The molecule has 0 atom stereocenters. The summed E-state index contributed by atoms with van der Waals surface area (Å²) in [4.78, 5) is 36.1. The fourth-order valence-electron chi connectivity index (χ4n) is 5.41. The molecule has 0 N–H and O–H groups in total. The van der Waals surface area contributed by atoms with E-state index in [-0.39, 0.29) is 17.4 Å². The van der Waals surface area contributed by atoms with Crippen molar-refractivity contribution in [1.29, 1.82) is 0 Å². The summed E-state index contributed by atoms with van der Waals surface area (Å²) in [7, 11) is 0. The van der Waals surface area contributed by atoms with Crippen LogP contribution in [0.3, 0.4) is 0 Å². The molecule has 0 radical (unpaired) electrons. The third-order valence-electron chi connectivity index (χ3n) is 7.01. The normalized spacial score (nSPS) is 17.5. The Labute approximate surface area is 194 Å². The lowest BCUT2D eigenvalue weighted by Crippen LogP contribution is -2.54. The topological polar surface area (TPSA) is 80.0 Å². The molecule has 1 saturated heterocycles. The van der Waals surface area contributed by atoms with Crippen LogP contribution >= 0.6 is 0 Å². The lowest BCUT2D eigenvalue weighted by molar-refractivity contribution is 0.0629. The molecular formula is C25H31N7O. The van der Waals surface area contributed by atoms with Crippen molar-refractivity contribution < 1.29 is 4.79 Å². The van der Waals surface area contributed by atoms with E-state index in [9.17, 15) is 4.79 Å². The SMILES string of the molecule is Cc1ccc(C(=O)N2Cc3c(nc(C)n3C(C)C)C3(CCN(c4ncccn4)CC3)C2)nc1. The minimum Gasteiger partial charge on any atom is -0.341 e. The molecular weight excluding hydrogens is 414 g/mol. The first kappa shape index (κ1) is 21.6. The molecule has 3 aromatic rings. The number of amides is 1. The summed E-state index contributed by atoms with van der Waals surface area (Å²) in [6.07, 6.45) is 7.14. The first-order valence-corrected chi connectivity index (χ1v) is 11.7. The highest BCUT2D eigenvalue weighted by Crippen LogP contribution is 2.43. The molecule has 0 saturated carbocycles. The Morgan fingerprint density at radius 2 is 1.79 bits per heavy atom. The molecule has 1 spiro atoms. The van der Waals surface area contributed by atoms with Gasteiger partial charge in [-0.25, -0.2) is 15.0 Å². The van der Waals surface area contributed by atoms with E-state index in [4.69, 9.17) is 4.98 Å². The van der Waals surface area contributed by atoms with E-state index in [1.165, 1.54) is 11.4 Å². The van der Waals surface area contributed by atoms with Crippen molar-refractivity contribution in [2.45, 2.75) is 58.5 Å². The van der Waals surface area contributed by atoms with Crippen LogP contribution in [0.4, 0.5) is 5.95 Å². The van der Waals surface area contributed by atoms with E-state index >= 15 is 0 Å². The van der Waals surface area contributed by atoms with Crippen molar-refractivity contribution in [1.82, 2.24) is 29.4 Å². The zero-order valence-electron chi connectivity index (χ0n) is 19.8. The van der Waals surface area contributed by atoms with E-state index in [2.05, 4.69) is 45.2 Å². The number of aromatic nitrogens is 5. The summed E-state index contributed by atoms with van der Waals surface area (Å²) >= 11 is 0. The average molecular weight is 446 g/mol. The number of rotatable bonds is 3. The molecule has 2 aliphatic heterocycles. The highest BCUT2D eigenvalue weighted by atomic mass is 16.2. The third-order valence-corrected chi connectivity index (χ3v) is 7.01. The molecule has 8 heteroatoms. The number of fused-ring (bicyclic) bond motifs is 2. The average Bonchev–Trinajstić information content (AvgIpc) is 3.17. The molecule has 172 valence electrons. The monoisotopic (exact) mass is 445 g/mol. The second-order valence-corrected chi connectivity index (χ2v) is 9.62. The number of carbonyl (C=O) groups excluding carboxylic acids is 1. The van der Waals surface area contributed by atoms with Gasteiger partial charge in [0.25, 0.3) is 5.91 Å². The smallest absolute Gasteiger partial charge is 0.272 e. The van der Waals surface area contributed by atoms with Gasteiger partial charge in [-0.15, -0.1) is 0 Å². The van der Waals surface area contributed by atoms with Gasteiger partial charge in [-0.05, 0) is 58.2 Å². The number of pyridine rings is 1. The van der Waals surface area contributed by atoms with Crippen LogP contribution in [-0.4, -0.2) is 54.9 Å². The molecule has 0 unspecified atom stereocenters. The van der Waals surface area contributed by atoms with Crippen LogP contribution in [0, 0.1) is 13.8 Å². The predicted molar refractivity (Wildman–Crippen MR) is 126 cm³/mol. The second-order valence-electron chi connectivity index (χ2n) is 9.62. The number of anilines is 1. The Balaban J connectivity index is 1.50. The van der Waals surface area contributed by atoms with Gasteiger partial charge in [0.05, 0.1) is 17.9 Å². The molecule has 33 heavy (non-hydrogen) atoms. The van der Waals surface area contributed by atoms with Crippen LogP contribution in [0.2, 0.25) is 0 Å².